The quantitative estimate of drug-likeness (QED) is 0.888. The first-order valence-corrected chi connectivity index (χ1v) is 7.18. The van der Waals surface area contributed by atoms with Crippen molar-refractivity contribution in [2.24, 2.45) is 5.73 Å². The minimum atomic E-state index is -0.194. The lowest BCUT2D eigenvalue weighted by Crippen LogP contribution is -2.33. The van der Waals surface area contributed by atoms with Gasteiger partial charge in [-0.2, -0.15) is 0 Å². The molecule has 0 aliphatic heterocycles. The minimum Gasteiger partial charge on any atom is -0.329 e. The van der Waals surface area contributed by atoms with E-state index in [2.05, 4.69) is 9.88 Å². The number of nitrogens with zero attached hydrogens (tertiary/aromatic N) is 2. The Hall–Kier alpha value is -1.78. The summed E-state index contributed by atoms with van der Waals surface area (Å²) in [5, 5.41) is 0. The summed E-state index contributed by atoms with van der Waals surface area (Å²) in [5.74, 6) is -0.194. The molecule has 1 heterocycles. The molecule has 0 radical (unpaired) electrons. The summed E-state index contributed by atoms with van der Waals surface area (Å²) in [7, 11) is 1.97. The minimum absolute atomic E-state index is 0.117. The number of likely N-dealkylation sites (N-methyl/N-ethyl adjacent to an activating group) is 1. The van der Waals surface area contributed by atoms with E-state index >= 15 is 0 Å². The van der Waals surface area contributed by atoms with Gasteiger partial charge in [0.15, 0.2) is 0 Å². The molecule has 0 saturated heterocycles. The first kappa shape index (κ1) is 15.6. The Kier molecular flexibility index (Phi) is 5.42. The molecule has 21 heavy (non-hydrogen) atoms. The second kappa shape index (κ2) is 7.29. The van der Waals surface area contributed by atoms with E-state index in [9.17, 15) is 4.39 Å². The SMILES string of the molecule is Cc1ccc(F)c(C(CN)N(C)CCc2ccccn2)c1. The van der Waals surface area contributed by atoms with Gasteiger partial charge in [0.1, 0.15) is 5.82 Å². The normalized spacial score (nSPS) is 12.6. The lowest BCUT2D eigenvalue weighted by atomic mass is 10.0. The molecular formula is C17H22FN3. The summed E-state index contributed by atoms with van der Waals surface area (Å²) in [5.41, 5.74) is 8.61. The van der Waals surface area contributed by atoms with E-state index in [1.54, 1.807) is 12.3 Å². The second-order valence-corrected chi connectivity index (χ2v) is 5.33. The van der Waals surface area contributed by atoms with Crippen LogP contribution in [0.3, 0.4) is 0 Å². The molecule has 112 valence electrons. The topological polar surface area (TPSA) is 42.1 Å². The molecule has 0 aliphatic carbocycles. The van der Waals surface area contributed by atoms with Crippen molar-refractivity contribution in [2.75, 3.05) is 20.1 Å². The number of hydrogen-bond donors (Lipinski definition) is 1. The maximum absolute atomic E-state index is 14.0. The first-order chi connectivity index (χ1) is 10.1. The molecule has 1 unspecified atom stereocenters. The van der Waals surface area contributed by atoms with E-state index in [0.717, 1.165) is 24.2 Å². The van der Waals surface area contributed by atoms with E-state index < -0.39 is 0 Å². The van der Waals surface area contributed by atoms with Crippen molar-refractivity contribution in [3.8, 4) is 0 Å². The average Bonchev–Trinajstić information content (AvgIpc) is 2.50. The highest BCUT2D eigenvalue weighted by Gasteiger charge is 2.19. The van der Waals surface area contributed by atoms with Crippen molar-refractivity contribution in [3.05, 3.63) is 65.2 Å². The van der Waals surface area contributed by atoms with Gasteiger partial charge < -0.3 is 5.73 Å². The van der Waals surface area contributed by atoms with Gasteiger partial charge in [-0.1, -0.05) is 23.8 Å². The molecule has 0 fully saturated rings. The highest BCUT2D eigenvalue weighted by Crippen LogP contribution is 2.22. The summed E-state index contributed by atoms with van der Waals surface area (Å²) in [6.07, 6.45) is 2.61. The lowest BCUT2D eigenvalue weighted by Gasteiger charge is -2.27. The summed E-state index contributed by atoms with van der Waals surface area (Å²) < 4.78 is 14.0. The molecule has 2 N–H and O–H groups in total. The van der Waals surface area contributed by atoms with E-state index in [4.69, 9.17) is 5.73 Å². The number of pyridine rings is 1. The van der Waals surface area contributed by atoms with Crippen LogP contribution in [0, 0.1) is 12.7 Å². The predicted molar refractivity (Wildman–Crippen MR) is 83.5 cm³/mol. The van der Waals surface area contributed by atoms with Gasteiger partial charge in [-0.15, -0.1) is 0 Å². The van der Waals surface area contributed by atoms with Crippen molar-refractivity contribution in [3.63, 3.8) is 0 Å². The molecule has 0 saturated carbocycles. The third-order valence-corrected chi connectivity index (χ3v) is 3.71. The van der Waals surface area contributed by atoms with Gasteiger partial charge in [0.25, 0.3) is 0 Å². The Morgan fingerprint density at radius 2 is 2.10 bits per heavy atom. The average molecular weight is 287 g/mol. The van der Waals surface area contributed by atoms with Crippen LogP contribution in [0.25, 0.3) is 0 Å². The van der Waals surface area contributed by atoms with Crippen molar-refractivity contribution < 1.29 is 4.39 Å². The molecule has 1 aromatic carbocycles. The Balaban J connectivity index is 2.08. The van der Waals surface area contributed by atoms with Crippen LogP contribution in [-0.4, -0.2) is 30.0 Å². The van der Waals surface area contributed by atoms with E-state index in [1.165, 1.54) is 6.07 Å². The number of hydrogen-bond acceptors (Lipinski definition) is 3. The molecule has 0 spiro atoms. The van der Waals surface area contributed by atoms with Crippen molar-refractivity contribution in [2.45, 2.75) is 19.4 Å². The van der Waals surface area contributed by atoms with Crippen molar-refractivity contribution >= 4 is 0 Å². The van der Waals surface area contributed by atoms with E-state index in [-0.39, 0.29) is 11.9 Å². The van der Waals surface area contributed by atoms with Crippen LogP contribution >= 0.6 is 0 Å². The van der Waals surface area contributed by atoms with Gasteiger partial charge in [0.2, 0.25) is 0 Å². The van der Waals surface area contributed by atoms with Crippen LogP contribution in [0.5, 0.6) is 0 Å². The summed E-state index contributed by atoms with van der Waals surface area (Å²) in [6.45, 7) is 3.13. The van der Waals surface area contributed by atoms with Gasteiger partial charge in [0, 0.05) is 43.0 Å². The van der Waals surface area contributed by atoms with Gasteiger partial charge in [-0.05, 0) is 32.2 Å². The fraction of sp³-hybridized carbons (Fsp3) is 0.353. The van der Waals surface area contributed by atoms with Gasteiger partial charge >= 0.3 is 0 Å². The molecule has 2 aromatic rings. The third-order valence-electron chi connectivity index (χ3n) is 3.71. The van der Waals surface area contributed by atoms with Crippen LogP contribution in [0.1, 0.15) is 22.9 Å². The molecular weight excluding hydrogens is 265 g/mol. The van der Waals surface area contributed by atoms with Crippen LogP contribution in [0.2, 0.25) is 0 Å². The summed E-state index contributed by atoms with van der Waals surface area (Å²) >= 11 is 0. The van der Waals surface area contributed by atoms with Gasteiger partial charge in [0.05, 0.1) is 0 Å². The molecule has 0 amide bonds. The number of aryl methyl sites for hydroxylation is 1. The van der Waals surface area contributed by atoms with Gasteiger partial charge in [-0.3, -0.25) is 9.88 Å². The number of rotatable bonds is 6. The third kappa shape index (κ3) is 4.09. The van der Waals surface area contributed by atoms with Crippen molar-refractivity contribution in [1.29, 1.82) is 0 Å². The standard InChI is InChI=1S/C17H22FN3/c1-13-6-7-16(18)15(11-13)17(12-19)21(2)10-8-14-5-3-4-9-20-14/h3-7,9,11,17H,8,10,12,19H2,1-2H3. The molecule has 2 rings (SSSR count). The number of halogens is 1. The van der Waals surface area contributed by atoms with E-state index in [0.29, 0.717) is 12.1 Å². The summed E-state index contributed by atoms with van der Waals surface area (Å²) in [4.78, 5) is 6.40. The Morgan fingerprint density at radius 1 is 1.29 bits per heavy atom. The molecule has 4 heteroatoms. The highest BCUT2D eigenvalue weighted by atomic mass is 19.1. The second-order valence-electron chi connectivity index (χ2n) is 5.33. The monoisotopic (exact) mass is 287 g/mol. The number of aromatic nitrogens is 1. The Morgan fingerprint density at radius 3 is 2.76 bits per heavy atom. The molecule has 0 bridgehead atoms. The molecule has 1 aromatic heterocycles. The fourth-order valence-electron chi connectivity index (χ4n) is 2.46. The fourth-order valence-corrected chi connectivity index (χ4v) is 2.46. The van der Waals surface area contributed by atoms with Crippen LogP contribution in [-0.2, 0) is 6.42 Å². The van der Waals surface area contributed by atoms with Gasteiger partial charge in [-0.25, -0.2) is 4.39 Å². The zero-order valence-corrected chi connectivity index (χ0v) is 12.6. The van der Waals surface area contributed by atoms with Crippen LogP contribution in [0.4, 0.5) is 4.39 Å². The molecule has 1 atom stereocenters. The largest absolute Gasteiger partial charge is 0.329 e. The number of nitrogens with two attached hydrogens (primary N) is 1. The van der Waals surface area contributed by atoms with Crippen molar-refractivity contribution in [1.82, 2.24) is 9.88 Å². The lowest BCUT2D eigenvalue weighted by molar-refractivity contribution is 0.247. The van der Waals surface area contributed by atoms with Crippen LogP contribution < -0.4 is 5.73 Å². The number of benzene rings is 1. The Labute approximate surface area is 125 Å². The zero-order valence-electron chi connectivity index (χ0n) is 12.6. The first-order valence-electron chi connectivity index (χ1n) is 7.18. The summed E-state index contributed by atoms with van der Waals surface area (Å²) in [6, 6.07) is 10.9. The maximum Gasteiger partial charge on any atom is 0.128 e. The smallest absolute Gasteiger partial charge is 0.128 e. The maximum atomic E-state index is 14.0. The zero-order chi connectivity index (χ0) is 15.2. The molecule has 0 aliphatic rings. The highest BCUT2D eigenvalue weighted by molar-refractivity contribution is 5.27. The van der Waals surface area contributed by atoms with Crippen LogP contribution in [0.15, 0.2) is 42.6 Å². The predicted octanol–water partition coefficient (Wildman–Crippen LogP) is 2.70. The van der Waals surface area contributed by atoms with E-state index in [1.807, 2.05) is 38.2 Å². The Bertz CT molecular complexity index is 572. The molecule has 3 nitrogen and oxygen atoms in total.